The van der Waals surface area contributed by atoms with Crippen molar-refractivity contribution in [2.24, 2.45) is 0 Å². The Kier molecular flexibility index (Phi) is 7.66. The molecule has 0 aromatic heterocycles. The summed E-state index contributed by atoms with van der Waals surface area (Å²) >= 11 is 3.29. The van der Waals surface area contributed by atoms with Gasteiger partial charge in [-0.05, 0) is 31.2 Å². The van der Waals surface area contributed by atoms with Crippen molar-refractivity contribution in [3.63, 3.8) is 0 Å². The largest absolute Gasteiger partial charge is 0.481 e. The predicted octanol–water partition coefficient (Wildman–Crippen LogP) is 1.70. The number of non-ortho nitro benzene ring substituents is 1. The predicted molar refractivity (Wildman–Crippen MR) is 106 cm³/mol. The molecule has 1 atom stereocenters. The molecular formula is C18H17BrN4O6. The maximum atomic E-state index is 12.0. The van der Waals surface area contributed by atoms with Gasteiger partial charge in [0.2, 0.25) is 0 Å². The molecule has 0 heterocycles. The number of carbonyl (C=O) groups excluding carboxylic acids is 3. The van der Waals surface area contributed by atoms with Crippen LogP contribution in [0.1, 0.15) is 17.3 Å². The third kappa shape index (κ3) is 6.88. The molecule has 3 N–H and O–H groups in total. The third-order valence-corrected chi connectivity index (χ3v) is 4.03. The second-order valence-corrected chi connectivity index (χ2v) is 6.66. The number of benzene rings is 2. The summed E-state index contributed by atoms with van der Waals surface area (Å²) in [6.07, 6.45) is -0.885. The highest BCUT2D eigenvalue weighted by Crippen LogP contribution is 2.18. The Morgan fingerprint density at radius 2 is 1.86 bits per heavy atom. The minimum Gasteiger partial charge on any atom is -0.481 e. The molecular weight excluding hydrogens is 448 g/mol. The van der Waals surface area contributed by atoms with Crippen LogP contribution in [0.5, 0.6) is 5.75 Å². The lowest BCUT2D eigenvalue weighted by atomic mass is 10.2. The minimum atomic E-state index is -0.885. The fraction of sp³-hybridized carbons (Fsp3) is 0.167. The van der Waals surface area contributed by atoms with Crippen LogP contribution in [0.15, 0.2) is 53.0 Å². The number of nitro groups is 1. The Bertz CT molecular complexity index is 936. The van der Waals surface area contributed by atoms with E-state index in [9.17, 15) is 24.5 Å². The molecule has 0 spiro atoms. The minimum absolute atomic E-state index is 0.0343. The number of hydrogen-bond donors (Lipinski definition) is 3. The molecule has 0 radical (unpaired) electrons. The van der Waals surface area contributed by atoms with Crippen molar-refractivity contribution in [1.82, 2.24) is 16.2 Å². The number of nitrogens with one attached hydrogen (secondary N) is 3. The van der Waals surface area contributed by atoms with E-state index in [-0.39, 0.29) is 11.3 Å². The Labute approximate surface area is 173 Å². The number of hydrazine groups is 1. The highest BCUT2D eigenvalue weighted by Gasteiger charge is 2.16. The normalized spacial score (nSPS) is 11.1. The molecule has 11 heteroatoms. The van der Waals surface area contributed by atoms with E-state index >= 15 is 0 Å². The Morgan fingerprint density at radius 1 is 1.14 bits per heavy atom. The van der Waals surface area contributed by atoms with Crippen LogP contribution in [0.4, 0.5) is 5.69 Å². The van der Waals surface area contributed by atoms with Crippen molar-refractivity contribution < 1.29 is 24.0 Å². The lowest BCUT2D eigenvalue weighted by Crippen LogP contribution is -2.50. The van der Waals surface area contributed by atoms with Crippen LogP contribution < -0.4 is 20.9 Å². The number of nitro benzene ring substituents is 1. The van der Waals surface area contributed by atoms with Crippen molar-refractivity contribution in [1.29, 1.82) is 0 Å². The zero-order valence-corrected chi connectivity index (χ0v) is 16.8. The number of hydrogen-bond acceptors (Lipinski definition) is 6. The summed E-state index contributed by atoms with van der Waals surface area (Å²) < 4.78 is 6.25. The first-order valence-corrected chi connectivity index (χ1v) is 9.09. The summed E-state index contributed by atoms with van der Waals surface area (Å²) in [5.41, 5.74) is 4.13. The molecule has 152 valence electrons. The van der Waals surface area contributed by atoms with Crippen LogP contribution in [0.2, 0.25) is 0 Å². The highest BCUT2D eigenvalue weighted by atomic mass is 79.9. The maximum absolute atomic E-state index is 12.0. The van der Waals surface area contributed by atoms with E-state index in [1.54, 1.807) is 24.3 Å². The summed E-state index contributed by atoms with van der Waals surface area (Å²) in [7, 11) is 0. The molecule has 0 fully saturated rings. The Hall–Kier alpha value is -3.47. The molecule has 10 nitrogen and oxygen atoms in total. The number of halogens is 1. The zero-order valence-electron chi connectivity index (χ0n) is 15.2. The van der Waals surface area contributed by atoms with Gasteiger partial charge in [0.1, 0.15) is 5.75 Å². The SMILES string of the molecule is CC(Oc1cccc(Br)c1)C(=O)NNC(=O)CNC(=O)c1cccc([N+](=O)[O-])c1. The Morgan fingerprint density at radius 3 is 2.55 bits per heavy atom. The van der Waals surface area contributed by atoms with Gasteiger partial charge in [0.15, 0.2) is 6.10 Å². The van der Waals surface area contributed by atoms with Gasteiger partial charge in [0.25, 0.3) is 23.4 Å². The molecule has 0 aliphatic rings. The van der Waals surface area contributed by atoms with Crippen molar-refractivity contribution in [3.05, 3.63) is 68.7 Å². The number of carbonyl (C=O) groups is 3. The highest BCUT2D eigenvalue weighted by molar-refractivity contribution is 9.10. The standard InChI is InChI=1S/C18H17BrN4O6/c1-11(29-15-7-3-5-13(19)9-15)17(25)22-21-16(24)10-20-18(26)12-4-2-6-14(8-12)23(27)28/h2-9,11H,10H2,1H3,(H,20,26)(H,21,24)(H,22,25). The first-order valence-electron chi connectivity index (χ1n) is 8.30. The first kappa shape index (κ1) is 21.8. The fourth-order valence-corrected chi connectivity index (χ4v) is 2.48. The number of amides is 3. The van der Waals surface area contributed by atoms with Crippen LogP contribution in [0.25, 0.3) is 0 Å². The molecule has 3 amide bonds. The molecule has 0 aliphatic carbocycles. The molecule has 29 heavy (non-hydrogen) atoms. The molecule has 0 bridgehead atoms. The van der Waals surface area contributed by atoms with Crippen LogP contribution in [0, 0.1) is 10.1 Å². The molecule has 0 saturated heterocycles. The molecule has 0 saturated carbocycles. The molecule has 2 aromatic rings. The van der Waals surface area contributed by atoms with E-state index in [4.69, 9.17) is 4.74 Å². The van der Waals surface area contributed by atoms with Crippen molar-refractivity contribution in [2.75, 3.05) is 6.54 Å². The fourth-order valence-electron chi connectivity index (χ4n) is 2.10. The summed E-state index contributed by atoms with van der Waals surface area (Å²) in [6, 6.07) is 12.0. The van der Waals surface area contributed by atoms with Gasteiger partial charge in [-0.3, -0.25) is 35.3 Å². The van der Waals surface area contributed by atoms with E-state index < -0.39 is 35.3 Å². The van der Waals surface area contributed by atoms with Gasteiger partial charge in [-0.2, -0.15) is 0 Å². The van der Waals surface area contributed by atoms with Gasteiger partial charge in [0.05, 0.1) is 11.5 Å². The number of ether oxygens (including phenoxy) is 1. The Balaban J connectivity index is 1.77. The summed E-state index contributed by atoms with van der Waals surface area (Å²) in [4.78, 5) is 45.9. The first-order chi connectivity index (χ1) is 13.8. The van der Waals surface area contributed by atoms with Gasteiger partial charge in [0, 0.05) is 22.2 Å². The van der Waals surface area contributed by atoms with E-state index in [0.717, 1.165) is 10.5 Å². The van der Waals surface area contributed by atoms with Gasteiger partial charge in [-0.1, -0.05) is 28.1 Å². The second-order valence-electron chi connectivity index (χ2n) is 5.74. The van der Waals surface area contributed by atoms with E-state index in [1.165, 1.54) is 25.1 Å². The topological polar surface area (TPSA) is 140 Å². The van der Waals surface area contributed by atoms with E-state index in [1.807, 2.05) is 0 Å². The number of nitrogens with zero attached hydrogens (tertiary/aromatic N) is 1. The third-order valence-electron chi connectivity index (χ3n) is 3.53. The second kappa shape index (κ2) is 10.2. The van der Waals surface area contributed by atoms with Gasteiger partial charge in [-0.15, -0.1) is 0 Å². The maximum Gasteiger partial charge on any atom is 0.279 e. The van der Waals surface area contributed by atoms with Crippen molar-refractivity contribution in [3.8, 4) is 5.75 Å². The van der Waals surface area contributed by atoms with Crippen LogP contribution in [-0.4, -0.2) is 35.3 Å². The number of rotatable bonds is 7. The van der Waals surface area contributed by atoms with Crippen LogP contribution in [-0.2, 0) is 9.59 Å². The molecule has 1 unspecified atom stereocenters. The van der Waals surface area contributed by atoms with Gasteiger partial charge in [-0.25, -0.2) is 0 Å². The van der Waals surface area contributed by atoms with E-state index in [0.29, 0.717) is 5.75 Å². The van der Waals surface area contributed by atoms with E-state index in [2.05, 4.69) is 32.1 Å². The van der Waals surface area contributed by atoms with Crippen molar-refractivity contribution >= 4 is 39.3 Å². The lowest BCUT2D eigenvalue weighted by Gasteiger charge is -2.15. The van der Waals surface area contributed by atoms with Crippen LogP contribution in [0.3, 0.4) is 0 Å². The zero-order chi connectivity index (χ0) is 21.4. The van der Waals surface area contributed by atoms with Gasteiger partial charge < -0.3 is 10.1 Å². The lowest BCUT2D eigenvalue weighted by molar-refractivity contribution is -0.384. The monoisotopic (exact) mass is 464 g/mol. The van der Waals surface area contributed by atoms with Gasteiger partial charge >= 0.3 is 0 Å². The average Bonchev–Trinajstić information content (AvgIpc) is 2.70. The molecule has 0 aliphatic heterocycles. The summed E-state index contributed by atoms with van der Waals surface area (Å²) in [6.45, 7) is 1.06. The van der Waals surface area contributed by atoms with Crippen LogP contribution >= 0.6 is 15.9 Å². The smallest absolute Gasteiger partial charge is 0.279 e. The molecule has 2 aromatic carbocycles. The summed E-state index contributed by atoms with van der Waals surface area (Å²) in [5, 5.41) is 13.0. The molecule has 2 rings (SSSR count). The quantitative estimate of drug-likeness (QED) is 0.420. The average molecular weight is 465 g/mol. The summed E-state index contributed by atoms with van der Waals surface area (Å²) in [5.74, 6) is -1.48. The van der Waals surface area contributed by atoms with Crippen molar-refractivity contribution in [2.45, 2.75) is 13.0 Å².